The molecule has 1 heterocycles. The first-order valence-corrected chi connectivity index (χ1v) is 15.8. The Morgan fingerprint density at radius 1 is 0.394 bits per heavy atom. The van der Waals surface area contributed by atoms with Crippen LogP contribution >= 0.6 is 0 Å². The van der Waals surface area contributed by atoms with Crippen molar-refractivity contribution < 1.29 is 4.74 Å². The molecule has 0 N–H and O–H groups in total. The van der Waals surface area contributed by atoms with Crippen LogP contribution in [-0.4, -0.2) is 12.2 Å². The summed E-state index contributed by atoms with van der Waals surface area (Å²) in [7, 11) is 0. The van der Waals surface area contributed by atoms with E-state index >= 15 is 0 Å². The smallest absolute Gasteiger partial charge is 0.0841 e. The van der Waals surface area contributed by atoms with Crippen molar-refractivity contribution in [2.24, 2.45) is 47.3 Å². The van der Waals surface area contributed by atoms with E-state index in [0.717, 1.165) is 47.3 Å². The second-order valence-corrected chi connectivity index (χ2v) is 14.1. The van der Waals surface area contributed by atoms with Crippen LogP contribution in [0.3, 0.4) is 0 Å². The molecule has 1 saturated heterocycles. The fourth-order valence-corrected chi connectivity index (χ4v) is 8.89. The van der Waals surface area contributed by atoms with Crippen molar-refractivity contribution >= 4 is 0 Å². The summed E-state index contributed by atoms with van der Waals surface area (Å²) < 4.78 is 5.67. The van der Waals surface area contributed by atoms with Gasteiger partial charge in [0.15, 0.2) is 0 Å². The summed E-state index contributed by atoms with van der Waals surface area (Å²) in [6.45, 7) is 4.71. The summed E-state index contributed by atoms with van der Waals surface area (Å²) in [5.41, 5.74) is 0. The molecule has 2 unspecified atom stereocenters. The van der Waals surface area contributed by atoms with Gasteiger partial charge in [0.2, 0.25) is 0 Å². The van der Waals surface area contributed by atoms with Gasteiger partial charge in [0, 0.05) is 0 Å². The van der Waals surface area contributed by atoms with Gasteiger partial charge < -0.3 is 4.74 Å². The largest absolute Gasteiger partial charge is 0.370 e. The fourth-order valence-electron chi connectivity index (χ4n) is 8.89. The molecular weight excluding hydrogens is 400 g/mol. The predicted molar refractivity (Wildman–Crippen MR) is 140 cm³/mol. The maximum atomic E-state index is 5.67. The average Bonchev–Trinajstić information content (AvgIpc) is 3.53. The molecule has 0 amide bonds. The molecule has 5 aliphatic rings. The highest BCUT2D eigenvalue weighted by Crippen LogP contribution is 2.44. The molecule has 0 radical (unpaired) electrons. The zero-order valence-electron chi connectivity index (χ0n) is 22.3. The molecule has 4 aliphatic carbocycles. The molecule has 1 nitrogen and oxygen atoms in total. The van der Waals surface area contributed by atoms with E-state index in [1.54, 1.807) is 83.5 Å². The van der Waals surface area contributed by atoms with Gasteiger partial charge in [-0.2, -0.15) is 0 Å². The fraction of sp³-hybridized carbons (Fsp3) is 1.00. The van der Waals surface area contributed by atoms with E-state index in [4.69, 9.17) is 4.74 Å². The van der Waals surface area contributed by atoms with Gasteiger partial charge in [-0.05, 0) is 80.0 Å². The number of rotatable bonds is 8. The molecule has 0 bridgehead atoms. The van der Waals surface area contributed by atoms with Crippen LogP contribution in [0.5, 0.6) is 0 Å². The van der Waals surface area contributed by atoms with Gasteiger partial charge in [-0.15, -0.1) is 0 Å². The maximum Gasteiger partial charge on any atom is 0.0841 e. The molecule has 1 aliphatic heterocycles. The molecular formula is C32H56O. The monoisotopic (exact) mass is 456 g/mol. The van der Waals surface area contributed by atoms with Crippen molar-refractivity contribution in [3.8, 4) is 0 Å². The minimum absolute atomic E-state index is 0.568. The third kappa shape index (κ3) is 7.47. The van der Waals surface area contributed by atoms with Crippen molar-refractivity contribution in [3.05, 3.63) is 0 Å². The quantitative estimate of drug-likeness (QED) is 0.331. The zero-order chi connectivity index (χ0) is 22.6. The van der Waals surface area contributed by atoms with Gasteiger partial charge in [-0.1, -0.05) is 110 Å². The molecule has 5 rings (SSSR count). The SMILES string of the molecule is CC1CCC(CC2CCC(CC3CCC(CC4CCC(CC5OC5C)CC4)CC3)CC2)CC1. The third-order valence-corrected chi connectivity index (χ3v) is 11.4. The zero-order valence-corrected chi connectivity index (χ0v) is 22.3. The number of hydrogen-bond donors (Lipinski definition) is 0. The molecule has 0 aromatic heterocycles. The van der Waals surface area contributed by atoms with Gasteiger partial charge >= 0.3 is 0 Å². The average molecular weight is 457 g/mol. The predicted octanol–water partition coefficient (Wildman–Crippen LogP) is 9.58. The van der Waals surface area contributed by atoms with Gasteiger partial charge in [0.25, 0.3) is 0 Å². The number of hydrogen-bond acceptors (Lipinski definition) is 1. The Morgan fingerprint density at radius 2 is 0.636 bits per heavy atom. The first-order valence-electron chi connectivity index (χ1n) is 15.8. The summed E-state index contributed by atoms with van der Waals surface area (Å²) in [6.07, 6.45) is 32.0. The van der Waals surface area contributed by atoms with E-state index in [-0.39, 0.29) is 0 Å². The Kier molecular flexibility index (Phi) is 8.81. The number of epoxide rings is 1. The first-order chi connectivity index (χ1) is 16.1. The molecule has 4 saturated carbocycles. The molecule has 5 fully saturated rings. The van der Waals surface area contributed by atoms with Crippen LogP contribution in [0.2, 0.25) is 0 Å². The summed E-state index contributed by atoms with van der Waals surface area (Å²) in [6, 6.07) is 0. The van der Waals surface area contributed by atoms with Crippen LogP contribution in [0.1, 0.15) is 142 Å². The van der Waals surface area contributed by atoms with Gasteiger partial charge in [-0.25, -0.2) is 0 Å². The molecule has 1 heteroatoms. The molecule has 33 heavy (non-hydrogen) atoms. The first kappa shape index (κ1) is 24.6. The molecule has 2 atom stereocenters. The lowest BCUT2D eigenvalue weighted by molar-refractivity contribution is 0.151. The Labute approximate surface area is 206 Å². The summed E-state index contributed by atoms with van der Waals surface area (Å²) in [5, 5.41) is 0. The van der Waals surface area contributed by atoms with Crippen molar-refractivity contribution in [2.45, 2.75) is 154 Å². The third-order valence-electron chi connectivity index (χ3n) is 11.4. The van der Waals surface area contributed by atoms with Crippen molar-refractivity contribution in [1.29, 1.82) is 0 Å². The normalized spacial score (nSPS) is 46.7. The van der Waals surface area contributed by atoms with Crippen LogP contribution in [0.25, 0.3) is 0 Å². The van der Waals surface area contributed by atoms with Crippen LogP contribution in [-0.2, 0) is 4.74 Å². The van der Waals surface area contributed by atoms with Crippen LogP contribution in [0, 0.1) is 47.3 Å². The highest BCUT2D eigenvalue weighted by atomic mass is 16.6. The topological polar surface area (TPSA) is 12.5 Å². The van der Waals surface area contributed by atoms with Crippen LogP contribution in [0.15, 0.2) is 0 Å². The Balaban J connectivity index is 0.922. The van der Waals surface area contributed by atoms with E-state index in [1.165, 1.54) is 44.9 Å². The minimum atomic E-state index is 0.568. The Morgan fingerprint density at radius 3 is 0.909 bits per heavy atom. The lowest BCUT2D eigenvalue weighted by Gasteiger charge is -2.37. The summed E-state index contributed by atoms with van der Waals surface area (Å²) in [4.78, 5) is 0. The van der Waals surface area contributed by atoms with Gasteiger partial charge in [-0.3, -0.25) is 0 Å². The summed E-state index contributed by atoms with van der Waals surface area (Å²) >= 11 is 0. The van der Waals surface area contributed by atoms with Gasteiger partial charge in [0.05, 0.1) is 12.2 Å². The van der Waals surface area contributed by atoms with Crippen molar-refractivity contribution in [1.82, 2.24) is 0 Å². The molecule has 0 aromatic rings. The molecule has 0 aromatic carbocycles. The minimum Gasteiger partial charge on any atom is -0.370 e. The Hall–Kier alpha value is -0.0400. The summed E-state index contributed by atoms with van der Waals surface area (Å²) in [5.74, 6) is 8.47. The number of ether oxygens (including phenoxy) is 1. The van der Waals surface area contributed by atoms with Crippen LogP contribution < -0.4 is 0 Å². The van der Waals surface area contributed by atoms with E-state index in [2.05, 4.69) is 13.8 Å². The molecule has 190 valence electrons. The van der Waals surface area contributed by atoms with E-state index < -0.39 is 0 Å². The van der Waals surface area contributed by atoms with Crippen molar-refractivity contribution in [2.75, 3.05) is 0 Å². The van der Waals surface area contributed by atoms with Crippen LogP contribution in [0.4, 0.5) is 0 Å². The second-order valence-electron chi connectivity index (χ2n) is 14.1. The van der Waals surface area contributed by atoms with Crippen molar-refractivity contribution in [3.63, 3.8) is 0 Å². The molecule has 0 spiro atoms. The highest BCUT2D eigenvalue weighted by molar-refractivity contribution is 4.86. The maximum absolute atomic E-state index is 5.67. The van der Waals surface area contributed by atoms with E-state index in [9.17, 15) is 0 Å². The lowest BCUT2D eigenvalue weighted by Crippen LogP contribution is -2.24. The van der Waals surface area contributed by atoms with Gasteiger partial charge in [0.1, 0.15) is 0 Å². The second kappa shape index (κ2) is 11.8. The standard InChI is InChI=1S/C32H56O/c1-23-3-5-25(6-4-23)19-26-7-9-27(10-8-26)20-28-11-13-29(14-12-28)21-30-15-17-31(18-16-30)22-32-24(2)33-32/h23-32H,3-22H2,1-2H3. The van der Waals surface area contributed by atoms with E-state index in [1.807, 2.05) is 0 Å². The lowest BCUT2D eigenvalue weighted by atomic mass is 9.69. The Bertz CT molecular complexity index is 553. The highest BCUT2D eigenvalue weighted by Gasteiger charge is 2.37. The van der Waals surface area contributed by atoms with E-state index in [0.29, 0.717) is 12.2 Å².